The van der Waals surface area contributed by atoms with Crippen LogP contribution >= 0.6 is 0 Å². The monoisotopic (exact) mass is 333 g/mol. The number of amides is 1. The van der Waals surface area contributed by atoms with Crippen molar-refractivity contribution in [3.63, 3.8) is 0 Å². The summed E-state index contributed by atoms with van der Waals surface area (Å²) in [7, 11) is 0. The molecule has 1 aliphatic rings. The van der Waals surface area contributed by atoms with Gasteiger partial charge in [0.1, 0.15) is 6.10 Å². The zero-order valence-corrected chi connectivity index (χ0v) is 14.0. The van der Waals surface area contributed by atoms with Crippen LogP contribution in [-0.4, -0.2) is 40.0 Å². The summed E-state index contributed by atoms with van der Waals surface area (Å²) < 4.78 is 5.96. The lowest BCUT2D eigenvalue weighted by atomic mass is 10.0. The van der Waals surface area contributed by atoms with Gasteiger partial charge in [0, 0.05) is 24.0 Å². The molecule has 126 valence electrons. The first-order valence-electron chi connectivity index (χ1n) is 8.40. The quantitative estimate of drug-likeness (QED) is 0.722. The summed E-state index contributed by atoms with van der Waals surface area (Å²) in [5.41, 5.74) is 2.51. The molecule has 0 saturated carbocycles. The molecule has 5 nitrogen and oxygen atoms in total. The van der Waals surface area contributed by atoms with E-state index in [1.807, 2.05) is 48.2 Å². The second kappa shape index (κ2) is 6.61. The van der Waals surface area contributed by atoms with Gasteiger partial charge < -0.3 is 9.64 Å². The maximum absolute atomic E-state index is 13.2. The predicted molar refractivity (Wildman–Crippen MR) is 95.2 cm³/mol. The fraction of sp³-hybridized carbons (Fsp3) is 0.250. The van der Waals surface area contributed by atoms with Gasteiger partial charge in [-0.15, -0.1) is 0 Å². The van der Waals surface area contributed by atoms with Crippen LogP contribution in [0.25, 0.3) is 10.9 Å². The molecule has 2 aromatic heterocycles. The Hall–Kier alpha value is -2.79. The molecular weight excluding hydrogens is 314 g/mol. The van der Waals surface area contributed by atoms with E-state index in [1.54, 1.807) is 24.7 Å². The molecule has 1 aromatic carbocycles. The van der Waals surface area contributed by atoms with Gasteiger partial charge in [-0.25, -0.2) is 0 Å². The van der Waals surface area contributed by atoms with Crippen molar-refractivity contribution in [2.24, 2.45) is 0 Å². The molecule has 1 amide bonds. The van der Waals surface area contributed by atoms with Crippen molar-refractivity contribution in [3.05, 3.63) is 72.2 Å². The van der Waals surface area contributed by atoms with Crippen LogP contribution in [0.4, 0.5) is 0 Å². The number of rotatable bonds is 2. The van der Waals surface area contributed by atoms with Crippen LogP contribution in [0.5, 0.6) is 0 Å². The van der Waals surface area contributed by atoms with Gasteiger partial charge in [0.15, 0.2) is 0 Å². The Balaban J connectivity index is 1.66. The first-order valence-corrected chi connectivity index (χ1v) is 8.40. The molecule has 0 unspecified atom stereocenters. The van der Waals surface area contributed by atoms with Crippen LogP contribution in [0, 0.1) is 0 Å². The van der Waals surface area contributed by atoms with E-state index in [0.717, 1.165) is 16.5 Å². The lowest BCUT2D eigenvalue weighted by molar-refractivity contribution is -0.0486. The van der Waals surface area contributed by atoms with Crippen molar-refractivity contribution >= 4 is 16.8 Å². The highest BCUT2D eigenvalue weighted by Crippen LogP contribution is 2.27. The maximum Gasteiger partial charge on any atom is 0.255 e. The molecule has 0 bridgehead atoms. The summed E-state index contributed by atoms with van der Waals surface area (Å²) in [6, 6.07) is 13.6. The highest BCUT2D eigenvalue weighted by Gasteiger charge is 2.31. The van der Waals surface area contributed by atoms with Gasteiger partial charge in [0.05, 0.1) is 30.3 Å². The summed E-state index contributed by atoms with van der Waals surface area (Å²) >= 11 is 0. The third-order valence-corrected chi connectivity index (χ3v) is 4.64. The third-order valence-electron chi connectivity index (χ3n) is 4.64. The Bertz CT molecular complexity index is 892. The molecule has 0 aliphatic carbocycles. The highest BCUT2D eigenvalue weighted by atomic mass is 16.5. The summed E-state index contributed by atoms with van der Waals surface area (Å²) in [6.07, 6.45) is 4.96. The Morgan fingerprint density at radius 3 is 2.84 bits per heavy atom. The van der Waals surface area contributed by atoms with E-state index in [0.29, 0.717) is 18.7 Å². The Kier molecular flexibility index (Phi) is 4.15. The number of pyridine rings is 2. The molecule has 1 fully saturated rings. The SMILES string of the molecule is C[C@H]1CO[C@H](c2ccccc2)CN1C(=O)c1ccnc2ccncc12. The number of morpholine rings is 1. The highest BCUT2D eigenvalue weighted by molar-refractivity contribution is 6.05. The van der Waals surface area contributed by atoms with Crippen molar-refractivity contribution in [3.8, 4) is 0 Å². The molecule has 0 spiro atoms. The molecule has 1 aliphatic heterocycles. The Labute approximate surface area is 146 Å². The number of carbonyl (C=O) groups is 1. The fourth-order valence-electron chi connectivity index (χ4n) is 3.24. The second-order valence-electron chi connectivity index (χ2n) is 6.29. The number of nitrogens with zero attached hydrogens (tertiary/aromatic N) is 3. The zero-order valence-electron chi connectivity index (χ0n) is 14.0. The van der Waals surface area contributed by atoms with Crippen LogP contribution in [0.3, 0.4) is 0 Å². The van der Waals surface area contributed by atoms with Gasteiger partial charge in [-0.3, -0.25) is 14.8 Å². The summed E-state index contributed by atoms with van der Waals surface area (Å²) in [6.45, 7) is 3.07. The van der Waals surface area contributed by atoms with E-state index < -0.39 is 0 Å². The van der Waals surface area contributed by atoms with E-state index in [4.69, 9.17) is 4.74 Å². The van der Waals surface area contributed by atoms with Gasteiger partial charge in [0.25, 0.3) is 5.91 Å². The van der Waals surface area contributed by atoms with Crippen LogP contribution in [0.1, 0.15) is 28.9 Å². The average molecular weight is 333 g/mol. The minimum absolute atomic E-state index is 0.00266. The fourth-order valence-corrected chi connectivity index (χ4v) is 3.24. The number of aromatic nitrogens is 2. The van der Waals surface area contributed by atoms with Crippen molar-refractivity contribution in [2.45, 2.75) is 19.1 Å². The smallest absolute Gasteiger partial charge is 0.255 e. The first kappa shape index (κ1) is 15.7. The molecule has 5 heteroatoms. The average Bonchev–Trinajstić information content (AvgIpc) is 2.68. The van der Waals surface area contributed by atoms with Crippen LogP contribution in [0.2, 0.25) is 0 Å². The number of hydrogen-bond acceptors (Lipinski definition) is 4. The van der Waals surface area contributed by atoms with E-state index in [1.165, 1.54) is 0 Å². The Morgan fingerprint density at radius 1 is 1.16 bits per heavy atom. The lowest BCUT2D eigenvalue weighted by Gasteiger charge is -2.38. The predicted octanol–water partition coefficient (Wildman–Crippen LogP) is 3.23. The molecule has 1 saturated heterocycles. The van der Waals surface area contributed by atoms with Crippen molar-refractivity contribution in [1.29, 1.82) is 0 Å². The molecule has 2 atom stereocenters. The van der Waals surface area contributed by atoms with Gasteiger partial charge in [-0.1, -0.05) is 30.3 Å². The standard InChI is InChI=1S/C20H19N3O2/c1-14-13-25-19(15-5-3-2-4-6-15)12-23(14)20(24)16-7-10-22-18-8-9-21-11-17(16)18/h2-11,14,19H,12-13H2,1H3/t14-,19-/m0/s1. The molecular formula is C20H19N3O2. The lowest BCUT2D eigenvalue weighted by Crippen LogP contribution is -2.48. The number of carbonyl (C=O) groups excluding carboxylic acids is 1. The first-order chi connectivity index (χ1) is 12.2. The van der Waals surface area contributed by atoms with E-state index in [-0.39, 0.29) is 18.1 Å². The van der Waals surface area contributed by atoms with Crippen molar-refractivity contribution < 1.29 is 9.53 Å². The van der Waals surface area contributed by atoms with Gasteiger partial charge >= 0.3 is 0 Å². The van der Waals surface area contributed by atoms with Crippen LogP contribution in [-0.2, 0) is 4.74 Å². The van der Waals surface area contributed by atoms with Gasteiger partial charge in [-0.2, -0.15) is 0 Å². The summed E-state index contributed by atoms with van der Waals surface area (Å²) in [4.78, 5) is 23.6. The zero-order chi connectivity index (χ0) is 17.2. The van der Waals surface area contributed by atoms with Crippen molar-refractivity contribution in [2.75, 3.05) is 13.2 Å². The topological polar surface area (TPSA) is 55.3 Å². The van der Waals surface area contributed by atoms with Crippen molar-refractivity contribution in [1.82, 2.24) is 14.9 Å². The minimum Gasteiger partial charge on any atom is -0.370 e. The number of fused-ring (bicyclic) bond motifs is 1. The largest absolute Gasteiger partial charge is 0.370 e. The molecule has 0 N–H and O–H groups in total. The van der Waals surface area contributed by atoms with Crippen LogP contribution < -0.4 is 0 Å². The van der Waals surface area contributed by atoms with Gasteiger partial charge in [-0.05, 0) is 24.6 Å². The Morgan fingerprint density at radius 2 is 2.00 bits per heavy atom. The van der Waals surface area contributed by atoms with Crippen LogP contribution in [0.15, 0.2) is 61.1 Å². The normalized spacial score (nSPS) is 20.6. The molecule has 4 rings (SSSR count). The number of ether oxygens (including phenoxy) is 1. The number of benzene rings is 1. The summed E-state index contributed by atoms with van der Waals surface area (Å²) in [5, 5.41) is 0.782. The van der Waals surface area contributed by atoms with E-state index in [2.05, 4.69) is 9.97 Å². The molecule has 3 heterocycles. The molecule has 25 heavy (non-hydrogen) atoms. The summed E-state index contributed by atoms with van der Waals surface area (Å²) in [5.74, 6) is -0.00266. The molecule has 0 radical (unpaired) electrons. The second-order valence-corrected chi connectivity index (χ2v) is 6.29. The minimum atomic E-state index is -0.104. The van der Waals surface area contributed by atoms with E-state index in [9.17, 15) is 4.79 Å². The third kappa shape index (κ3) is 2.98. The molecule has 3 aromatic rings. The van der Waals surface area contributed by atoms with E-state index >= 15 is 0 Å². The van der Waals surface area contributed by atoms with Gasteiger partial charge in [0.2, 0.25) is 0 Å². The maximum atomic E-state index is 13.2. The number of hydrogen-bond donors (Lipinski definition) is 0.